The largest absolute Gasteiger partial charge is 0.355 e. The van der Waals surface area contributed by atoms with Crippen molar-refractivity contribution in [1.82, 2.24) is 5.32 Å². The summed E-state index contributed by atoms with van der Waals surface area (Å²) in [7, 11) is 0. The van der Waals surface area contributed by atoms with Crippen molar-refractivity contribution in [3.8, 4) is 0 Å². The van der Waals surface area contributed by atoms with Crippen LogP contribution in [0.4, 0.5) is 5.69 Å². The zero-order valence-electron chi connectivity index (χ0n) is 15.3. The molecule has 2 rings (SSSR count). The summed E-state index contributed by atoms with van der Waals surface area (Å²) < 4.78 is 0. The maximum Gasteiger partial charge on any atom is 0.171 e. The van der Waals surface area contributed by atoms with Crippen LogP contribution >= 0.6 is 12.2 Å². The highest BCUT2D eigenvalue weighted by atomic mass is 32.1. The quantitative estimate of drug-likeness (QED) is 0.698. The Morgan fingerprint density at radius 1 is 1.04 bits per heavy atom. The van der Waals surface area contributed by atoms with Gasteiger partial charge < -0.3 is 10.6 Å². The highest BCUT2D eigenvalue weighted by Crippen LogP contribution is 2.25. The van der Waals surface area contributed by atoms with Crippen LogP contribution in [0.25, 0.3) is 0 Å². The number of nitrogens with one attached hydrogen (secondary N) is 2. The van der Waals surface area contributed by atoms with E-state index in [2.05, 4.69) is 87.7 Å². The predicted octanol–water partition coefficient (Wildman–Crippen LogP) is 5.55. The van der Waals surface area contributed by atoms with Crippen LogP contribution in [0.3, 0.4) is 0 Å². The second-order valence-electron chi connectivity index (χ2n) is 6.73. The van der Waals surface area contributed by atoms with E-state index in [4.69, 9.17) is 12.2 Å². The number of hydrogen-bond acceptors (Lipinski definition) is 1. The molecule has 0 fully saturated rings. The van der Waals surface area contributed by atoms with Gasteiger partial charge in [0.15, 0.2) is 5.11 Å². The van der Waals surface area contributed by atoms with E-state index in [1.54, 1.807) is 0 Å². The molecule has 0 saturated carbocycles. The molecule has 0 aliphatic carbocycles. The average Bonchev–Trinajstić information content (AvgIpc) is 2.54. The van der Waals surface area contributed by atoms with E-state index in [1.165, 1.54) is 22.3 Å². The third-order valence-corrected chi connectivity index (χ3v) is 4.55. The molecule has 2 nitrogen and oxygen atoms in total. The normalized spacial score (nSPS) is 12.1. The Hall–Kier alpha value is -1.87. The molecule has 0 saturated heterocycles. The molecule has 2 aromatic rings. The molecule has 128 valence electrons. The molecule has 1 atom stereocenters. The van der Waals surface area contributed by atoms with E-state index in [0.717, 1.165) is 12.1 Å². The standard InChI is InChI=1S/C21H28N2S/c1-6-17-8-10-18(11-9-17)22-21(24)23-20(14(2)3)19-12-7-15(4)13-16(19)5/h7-14,20H,6H2,1-5H3,(H2,22,23,24)/t20-/m0/s1. The van der Waals surface area contributed by atoms with E-state index in [9.17, 15) is 0 Å². The number of hydrogen-bond donors (Lipinski definition) is 2. The third kappa shape index (κ3) is 4.81. The van der Waals surface area contributed by atoms with Gasteiger partial charge in [0.1, 0.15) is 0 Å². The summed E-state index contributed by atoms with van der Waals surface area (Å²) in [6.07, 6.45) is 1.05. The summed E-state index contributed by atoms with van der Waals surface area (Å²) >= 11 is 5.54. The fourth-order valence-electron chi connectivity index (χ4n) is 2.91. The molecule has 2 N–H and O–H groups in total. The van der Waals surface area contributed by atoms with Crippen LogP contribution < -0.4 is 10.6 Å². The van der Waals surface area contributed by atoms with Gasteiger partial charge in [0.2, 0.25) is 0 Å². The zero-order chi connectivity index (χ0) is 17.7. The van der Waals surface area contributed by atoms with Gasteiger partial charge >= 0.3 is 0 Å². The van der Waals surface area contributed by atoms with Gasteiger partial charge in [-0.2, -0.15) is 0 Å². The van der Waals surface area contributed by atoms with Gasteiger partial charge in [-0.05, 0) is 67.2 Å². The molecule has 3 heteroatoms. The Morgan fingerprint density at radius 2 is 1.71 bits per heavy atom. The lowest BCUT2D eigenvalue weighted by Gasteiger charge is -2.26. The van der Waals surface area contributed by atoms with Crippen LogP contribution in [0.1, 0.15) is 49.1 Å². The van der Waals surface area contributed by atoms with Gasteiger partial charge in [-0.25, -0.2) is 0 Å². The lowest BCUT2D eigenvalue weighted by molar-refractivity contribution is 0.471. The van der Waals surface area contributed by atoms with E-state index in [-0.39, 0.29) is 6.04 Å². The van der Waals surface area contributed by atoms with Crippen molar-refractivity contribution in [1.29, 1.82) is 0 Å². The number of benzene rings is 2. The molecule has 0 radical (unpaired) electrons. The molecule has 0 aromatic heterocycles. The molecule has 0 spiro atoms. The number of rotatable bonds is 5. The van der Waals surface area contributed by atoms with Crippen molar-refractivity contribution in [2.75, 3.05) is 5.32 Å². The maximum absolute atomic E-state index is 5.54. The third-order valence-electron chi connectivity index (χ3n) is 4.33. The van der Waals surface area contributed by atoms with Gasteiger partial charge in [0.25, 0.3) is 0 Å². The molecule has 0 aliphatic heterocycles. The first-order chi connectivity index (χ1) is 11.4. The van der Waals surface area contributed by atoms with Crippen LogP contribution in [0, 0.1) is 19.8 Å². The van der Waals surface area contributed by atoms with E-state index >= 15 is 0 Å². The van der Waals surface area contributed by atoms with Gasteiger partial charge in [0, 0.05) is 5.69 Å². The summed E-state index contributed by atoms with van der Waals surface area (Å²) in [6, 6.07) is 15.2. The Kier molecular flexibility index (Phi) is 6.38. The highest BCUT2D eigenvalue weighted by molar-refractivity contribution is 7.80. The van der Waals surface area contributed by atoms with E-state index < -0.39 is 0 Å². The van der Waals surface area contributed by atoms with Crippen LogP contribution in [-0.2, 0) is 6.42 Å². The molecule has 2 aromatic carbocycles. The minimum Gasteiger partial charge on any atom is -0.355 e. The van der Waals surface area contributed by atoms with Crippen molar-refractivity contribution in [3.05, 3.63) is 64.7 Å². The average molecular weight is 341 g/mol. The molecular weight excluding hydrogens is 312 g/mol. The van der Waals surface area contributed by atoms with Crippen molar-refractivity contribution in [3.63, 3.8) is 0 Å². The van der Waals surface area contributed by atoms with E-state index in [1.807, 2.05) is 0 Å². The Labute approximate surface area is 151 Å². The number of thiocarbonyl (C=S) groups is 1. The second kappa shape index (κ2) is 8.29. The number of anilines is 1. The summed E-state index contributed by atoms with van der Waals surface area (Å²) in [5, 5.41) is 7.45. The van der Waals surface area contributed by atoms with Crippen molar-refractivity contribution in [2.45, 2.75) is 47.1 Å². The van der Waals surface area contributed by atoms with Crippen molar-refractivity contribution in [2.24, 2.45) is 5.92 Å². The molecule has 24 heavy (non-hydrogen) atoms. The summed E-state index contributed by atoms with van der Waals surface area (Å²) in [4.78, 5) is 0. The van der Waals surface area contributed by atoms with Crippen molar-refractivity contribution >= 4 is 23.0 Å². The van der Waals surface area contributed by atoms with Crippen molar-refractivity contribution < 1.29 is 0 Å². The first-order valence-corrected chi connectivity index (χ1v) is 9.05. The van der Waals surface area contributed by atoms with Crippen LogP contribution in [0.5, 0.6) is 0 Å². The zero-order valence-corrected chi connectivity index (χ0v) is 16.1. The van der Waals surface area contributed by atoms with Gasteiger partial charge in [0.05, 0.1) is 6.04 Å². The lowest BCUT2D eigenvalue weighted by atomic mass is 9.92. The molecule has 0 unspecified atom stereocenters. The summed E-state index contributed by atoms with van der Waals surface area (Å²) in [5.41, 5.74) is 6.25. The van der Waals surface area contributed by atoms with Crippen LogP contribution in [0.15, 0.2) is 42.5 Å². The topological polar surface area (TPSA) is 24.1 Å². The fraction of sp³-hybridized carbons (Fsp3) is 0.381. The minimum atomic E-state index is 0.195. The monoisotopic (exact) mass is 340 g/mol. The lowest BCUT2D eigenvalue weighted by Crippen LogP contribution is -2.35. The summed E-state index contributed by atoms with van der Waals surface area (Å²) in [6.45, 7) is 10.9. The molecule has 0 heterocycles. The number of aryl methyl sites for hydroxylation is 3. The maximum atomic E-state index is 5.54. The smallest absolute Gasteiger partial charge is 0.171 e. The highest BCUT2D eigenvalue weighted by Gasteiger charge is 2.18. The Bertz CT molecular complexity index is 689. The Balaban J connectivity index is 2.10. The van der Waals surface area contributed by atoms with Gasteiger partial charge in [-0.3, -0.25) is 0 Å². The SMILES string of the molecule is CCc1ccc(NC(=S)N[C@H](c2ccc(C)cc2C)C(C)C)cc1. The van der Waals surface area contributed by atoms with E-state index in [0.29, 0.717) is 11.0 Å². The molecule has 0 amide bonds. The molecule has 0 aliphatic rings. The fourth-order valence-corrected chi connectivity index (χ4v) is 3.16. The molecular formula is C21H28N2S. The first-order valence-electron chi connectivity index (χ1n) is 8.64. The van der Waals surface area contributed by atoms with Crippen LogP contribution in [0.2, 0.25) is 0 Å². The van der Waals surface area contributed by atoms with Gasteiger partial charge in [-0.15, -0.1) is 0 Å². The molecule has 0 bridgehead atoms. The minimum absolute atomic E-state index is 0.195. The first kappa shape index (κ1) is 18.5. The van der Waals surface area contributed by atoms with Crippen LogP contribution in [-0.4, -0.2) is 5.11 Å². The van der Waals surface area contributed by atoms with Gasteiger partial charge in [-0.1, -0.05) is 56.7 Å². The predicted molar refractivity (Wildman–Crippen MR) is 109 cm³/mol. The summed E-state index contributed by atoms with van der Waals surface area (Å²) in [5.74, 6) is 0.439. The second-order valence-corrected chi connectivity index (χ2v) is 7.14. The Morgan fingerprint density at radius 3 is 2.25 bits per heavy atom.